The first-order valence-electron chi connectivity index (χ1n) is 7.36. The number of hydrogen-bond donors (Lipinski definition) is 1. The standard InChI is InChI=1S/C14H23NO6/c1-19-11-7-12(14(17)18)15(8-11)13(16)4-6-20-9-10-3-2-5-21-10/h10-12H,2-9H2,1H3,(H,17,18). The second-order valence-electron chi connectivity index (χ2n) is 5.45. The van der Waals surface area contributed by atoms with Crippen LogP contribution in [0.5, 0.6) is 0 Å². The number of carbonyl (C=O) groups is 2. The van der Waals surface area contributed by atoms with Gasteiger partial charge < -0.3 is 24.2 Å². The van der Waals surface area contributed by atoms with Crippen molar-refractivity contribution in [3.8, 4) is 0 Å². The number of methoxy groups -OCH3 is 1. The summed E-state index contributed by atoms with van der Waals surface area (Å²) in [6.07, 6.45) is 2.51. The number of likely N-dealkylation sites (tertiary alicyclic amines) is 1. The van der Waals surface area contributed by atoms with E-state index in [4.69, 9.17) is 19.3 Å². The predicted molar refractivity (Wildman–Crippen MR) is 73.0 cm³/mol. The largest absolute Gasteiger partial charge is 0.480 e. The maximum Gasteiger partial charge on any atom is 0.326 e. The van der Waals surface area contributed by atoms with Crippen LogP contribution in [0.2, 0.25) is 0 Å². The van der Waals surface area contributed by atoms with Gasteiger partial charge in [-0.25, -0.2) is 4.79 Å². The molecule has 1 N–H and O–H groups in total. The molecule has 2 aliphatic rings. The Kier molecular flexibility index (Phi) is 5.96. The molecule has 2 rings (SSSR count). The number of aliphatic carboxylic acids is 1. The summed E-state index contributed by atoms with van der Waals surface area (Å²) >= 11 is 0. The Morgan fingerprint density at radius 2 is 2.24 bits per heavy atom. The van der Waals surface area contributed by atoms with E-state index in [0.29, 0.717) is 26.2 Å². The Morgan fingerprint density at radius 1 is 1.43 bits per heavy atom. The van der Waals surface area contributed by atoms with Crippen molar-refractivity contribution in [3.05, 3.63) is 0 Å². The van der Waals surface area contributed by atoms with Gasteiger partial charge in [0.05, 0.1) is 31.8 Å². The second kappa shape index (κ2) is 7.72. The van der Waals surface area contributed by atoms with Gasteiger partial charge >= 0.3 is 5.97 Å². The molecule has 0 spiro atoms. The van der Waals surface area contributed by atoms with Crippen molar-refractivity contribution in [2.45, 2.75) is 43.9 Å². The second-order valence-corrected chi connectivity index (χ2v) is 5.45. The molecule has 2 heterocycles. The SMILES string of the molecule is COC1CC(C(=O)O)N(C(=O)CCOCC2CCCO2)C1. The fourth-order valence-corrected chi connectivity index (χ4v) is 2.77. The first-order valence-corrected chi connectivity index (χ1v) is 7.36. The lowest BCUT2D eigenvalue weighted by atomic mass is 10.2. The van der Waals surface area contributed by atoms with Crippen LogP contribution < -0.4 is 0 Å². The smallest absolute Gasteiger partial charge is 0.326 e. The minimum Gasteiger partial charge on any atom is -0.480 e. The third-order valence-corrected chi connectivity index (χ3v) is 3.99. The highest BCUT2D eigenvalue weighted by Crippen LogP contribution is 2.21. The van der Waals surface area contributed by atoms with Crippen LogP contribution in [0.1, 0.15) is 25.7 Å². The summed E-state index contributed by atoms with van der Waals surface area (Å²) in [5.41, 5.74) is 0. The van der Waals surface area contributed by atoms with Gasteiger partial charge in [-0.2, -0.15) is 0 Å². The van der Waals surface area contributed by atoms with E-state index in [2.05, 4.69) is 0 Å². The molecule has 2 fully saturated rings. The van der Waals surface area contributed by atoms with E-state index in [1.807, 2.05) is 0 Å². The maximum absolute atomic E-state index is 12.1. The minimum atomic E-state index is -0.983. The third-order valence-electron chi connectivity index (χ3n) is 3.99. The van der Waals surface area contributed by atoms with Gasteiger partial charge in [0.1, 0.15) is 6.04 Å². The van der Waals surface area contributed by atoms with E-state index in [-0.39, 0.29) is 24.5 Å². The Bertz CT molecular complexity index is 368. The van der Waals surface area contributed by atoms with Crippen LogP contribution in [-0.2, 0) is 23.8 Å². The van der Waals surface area contributed by atoms with Crippen LogP contribution in [-0.4, -0.2) is 73.6 Å². The van der Waals surface area contributed by atoms with Crippen LogP contribution >= 0.6 is 0 Å². The molecule has 7 nitrogen and oxygen atoms in total. The number of nitrogens with zero attached hydrogens (tertiary/aromatic N) is 1. The summed E-state index contributed by atoms with van der Waals surface area (Å²) in [5, 5.41) is 9.16. The van der Waals surface area contributed by atoms with Gasteiger partial charge in [-0.3, -0.25) is 4.79 Å². The third kappa shape index (κ3) is 4.39. The molecular weight excluding hydrogens is 278 g/mol. The molecule has 2 saturated heterocycles. The van der Waals surface area contributed by atoms with Gasteiger partial charge in [-0.05, 0) is 12.8 Å². The predicted octanol–water partition coefficient (Wildman–Crippen LogP) is 0.273. The van der Waals surface area contributed by atoms with Crippen LogP contribution in [0.4, 0.5) is 0 Å². The molecule has 3 unspecified atom stereocenters. The highest BCUT2D eigenvalue weighted by Gasteiger charge is 2.39. The zero-order valence-electron chi connectivity index (χ0n) is 12.3. The molecule has 0 aromatic carbocycles. The van der Waals surface area contributed by atoms with Crippen LogP contribution in [0, 0.1) is 0 Å². The first kappa shape index (κ1) is 16.2. The quantitative estimate of drug-likeness (QED) is 0.680. The fraction of sp³-hybridized carbons (Fsp3) is 0.857. The van der Waals surface area contributed by atoms with E-state index in [0.717, 1.165) is 19.4 Å². The van der Waals surface area contributed by atoms with Crippen molar-refractivity contribution in [2.24, 2.45) is 0 Å². The van der Waals surface area contributed by atoms with E-state index in [1.54, 1.807) is 0 Å². The lowest BCUT2D eigenvalue weighted by Gasteiger charge is -2.21. The zero-order chi connectivity index (χ0) is 15.2. The molecule has 120 valence electrons. The zero-order valence-corrected chi connectivity index (χ0v) is 12.3. The number of hydrogen-bond acceptors (Lipinski definition) is 5. The van der Waals surface area contributed by atoms with Crippen LogP contribution in [0.3, 0.4) is 0 Å². The number of carboxylic acids is 1. The molecule has 0 aliphatic carbocycles. The molecule has 2 aliphatic heterocycles. The molecule has 21 heavy (non-hydrogen) atoms. The van der Waals surface area contributed by atoms with Crippen molar-refractivity contribution in [3.63, 3.8) is 0 Å². The van der Waals surface area contributed by atoms with Gasteiger partial charge in [0.15, 0.2) is 0 Å². The highest BCUT2D eigenvalue weighted by molar-refractivity contribution is 5.84. The number of rotatable bonds is 7. The Labute approximate surface area is 124 Å². The Morgan fingerprint density at radius 3 is 2.86 bits per heavy atom. The van der Waals surface area contributed by atoms with Crippen molar-refractivity contribution in [1.82, 2.24) is 4.90 Å². The summed E-state index contributed by atoms with van der Waals surface area (Å²) in [7, 11) is 1.53. The molecule has 0 bridgehead atoms. The molecule has 0 aromatic heterocycles. The number of carbonyl (C=O) groups excluding carboxylic acids is 1. The number of carboxylic acid groups (broad SMARTS) is 1. The van der Waals surface area contributed by atoms with Crippen LogP contribution in [0.25, 0.3) is 0 Å². The summed E-state index contributed by atoms with van der Waals surface area (Å²) < 4.78 is 16.0. The van der Waals surface area contributed by atoms with E-state index in [1.165, 1.54) is 12.0 Å². The molecular formula is C14H23NO6. The van der Waals surface area contributed by atoms with Crippen molar-refractivity contribution < 1.29 is 28.9 Å². The topological polar surface area (TPSA) is 85.3 Å². The molecule has 0 saturated carbocycles. The number of ether oxygens (including phenoxy) is 3. The van der Waals surface area contributed by atoms with Gasteiger partial charge in [0.25, 0.3) is 0 Å². The van der Waals surface area contributed by atoms with Crippen LogP contribution in [0.15, 0.2) is 0 Å². The summed E-state index contributed by atoms with van der Waals surface area (Å²) in [5.74, 6) is -1.18. The van der Waals surface area contributed by atoms with E-state index >= 15 is 0 Å². The van der Waals surface area contributed by atoms with Crippen molar-refractivity contribution in [2.75, 3.05) is 33.5 Å². The Balaban J connectivity index is 1.72. The molecule has 7 heteroatoms. The van der Waals surface area contributed by atoms with Crippen molar-refractivity contribution >= 4 is 11.9 Å². The average Bonchev–Trinajstić information content (AvgIpc) is 3.12. The summed E-state index contributed by atoms with van der Waals surface area (Å²) in [4.78, 5) is 24.7. The van der Waals surface area contributed by atoms with Gasteiger partial charge in [-0.15, -0.1) is 0 Å². The minimum absolute atomic E-state index is 0.136. The van der Waals surface area contributed by atoms with E-state index < -0.39 is 12.0 Å². The van der Waals surface area contributed by atoms with Gasteiger partial charge in [0, 0.05) is 26.7 Å². The molecule has 0 aromatic rings. The maximum atomic E-state index is 12.1. The summed E-state index contributed by atoms with van der Waals surface area (Å²) in [6, 6.07) is -0.791. The van der Waals surface area contributed by atoms with Gasteiger partial charge in [-0.1, -0.05) is 0 Å². The fourth-order valence-electron chi connectivity index (χ4n) is 2.77. The highest BCUT2D eigenvalue weighted by atomic mass is 16.5. The van der Waals surface area contributed by atoms with Crippen molar-refractivity contribution in [1.29, 1.82) is 0 Å². The molecule has 1 amide bonds. The lowest BCUT2D eigenvalue weighted by Crippen LogP contribution is -2.41. The average molecular weight is 301 g/mol. The number of amides is 1. The first-order chi connectivity index (χ1) is 10.1. The monoisotopic (exact) mass is 301 g/mol. The molecule has 3 atom stereocenters. The van der Waals surface area contributed by atoms with Gasteiger partial charge in [0.2, 0.25) is 5.91 Å². The molecule has 0 radical (unpaired) electrons. The lowest BCUT2D eigenvalue weighted by molar-refractivity contribution is -0.148. The summed E-state index contributed by atoms with van der Waals surface area (Å²) in [6.45, 7) is 1.90. The Hall–Kier alpha value is -1.18. The van der Waals surface area contributed by atoms with E-state index in [9.17, 15) is 9.59 Å². The normalized spacial score (nSPS) is 29.0.